The molecule has 2 aromatic rings. The van der Waals surface area contributed by atoms with Gasteiger partial charge in [-0.05, 0) is 54.4 Å². The maximum Gasteiger partial charge on any atom is 0.211 e. The van der Waals surface area contributed by atoms with Crippen LogP contribution in [0, 0.1) is 23.7 Å². The third-order valence-corrected chi connectivity index (χ3v) is 9.84. The van der Waals surface area contributed by atoms with Crippen LogP contribution in [0.5, 0.6) is 23.0 Å². The summed E-state index contributed by atoms with van der Waals surface area (Å²) < 4.78 is 31.9. The summed E-state index contributed by atoms with van der Waals surface area (Å²) in [7, 11) is 0. The van der Waals surface area contributed by atoms with Gasteiger partial charge in [0.25, 0.3) is 0 Å². The van der Waals surface area contributed by atoms with E-state index in [-0.39, 0.29) is 23.7 Å². The molecule has 7 atom stereocenters. The Kier molecular flexibility index (Phi) is 5.22. The zero-order valence-electron chi connectivity index (χ0n) is 23.1. The quantitative estimate of drug-likeness (QED) is 0.524. The molecule has 0 saturated carbocycles. The molecule has 0 radical (unpaired) electrons. The number of fused-ring (bicyclic) bond motifs is 6. The first kappa shape index (κ1) is 24.3. The third kappa shape index (κ3) is 3.45. The number of hydrogen-bond acceptors (Lipinski definition) is 6. The van der Waals surface area contributed by atoms with Crippen molar-refractivity contribution in [1.29, 1.82) is 0 Å². The van der Waals surface area contributed by atoms with E-state index in [1.807, 2.05) is 26.8 Å². The Morgan fingerprint density at radius 2 is 1.58 bits per heavy atom. The predicted octanol–water partition coefficient (Wildman–Crippen LogP) is 5.73. The summed E-state index contributed by atoms with van der Waals surface area (Å²) in [6.07, 6.45) is 2.91. The van der Waals surface area contributed by atoms with E-state index in [0.717, 1.165) is 58.6 Å². The first-order chi connectivity index (χ1) is 18.1. The van der Waals surface area contributed by atoms with Gasteiger partial charge in [0.15, 0.2) is 0 Å². The summed E-state index contributed by atoms with van der Waals surface area (Å²) in [5.74, 6) is 2.37. The highest BCUT2D eigenvalue weighted by Gasteiger charge is 2.55. The van der Waals surface area contributed by atoms with Gasteiger partial charge in [0, 0.05) is 55.2 Å². The minimum absolute atomic E-state index is 0.0222. The lowest BCUT2D eigenvalue weighted by Crippen LogP contribution is -2.47. The van der Waals surface area contributed by atoms with E-state index in [9.17, 15) is 5.11 Å². The zero-order valence-corrected chi connectivity index (χ0v) is 23.1. The molecular formula is C32H38O6. The first-order valence-electron chi connectivity index (χ1n) is 14.1. The van der Waals surface area contributed by atoms with Gasteiger partial charge in [-0.25, -0.2) is 0 Å². The molecule has 7 rings (SSSR count). The van der Waals surface area contributed by atoms with Crippen molar-refractivity contribution in [3.8, 4) is 23.0 Å². The lowest BCUT2D eigenvalue weighted by Gasteiger charge is -2.43. The summed E-state index contributed by atoms with van der Waals surface area (Å²) in [6.45, 7) is 15.9. The first-order valence-corrected chi connectivity index (χ1v) is 14.1. The van der Waals surface area contributed by atoms with E-state index in [1.54, 1.807) is 0 Å². The van der Waals surface area contributed by atoms with Crippen LogP contribution in [0.3, 0.4) is 0 Å². The van der Waals surface area contributed by atoms with E-state index in [2.05, 4.69) is 32.6 Å². The fraction of sp³-hybridized carbons (Fsp3) is 0.562. The molecule has 0 aromatic heterocycles. The standard InChI is InChI=1S/C32H38O6/c1-16(2)27-11-20-9-19(7-8-26(20)36-27)10-21-28(33)22-12-24-17(3)14-34-31(24,5)38-30(22)23-13-25-18(4)15-35-32(25,6)37-29(21)23/h7-9,17-18,24-25,27,33H,1,10-15H2,2-6H3/t17-,18-,24+,25+,27-,31+,32+/m0/s1. The van der Waals surface area contributed by atoms with Gasteiger partial charge >= 0.3 is 0 Å². The van der Waals surface area contributed by atoms with E-state index in [4.69, 9.17) is 23.7 Å². The summed E-state index contributed by atoms with van der Waals surface area (Å²) in [5, 5.41) is 11.8. The number of phenols is 1. The number of aromatic hydroxyl groups is 1. The lowest BCUT2D eigenvalue weighted by molar-refractivity contribution is -0.174. The van der Waals surface area contributed by atoms with Crippen LogP contribution in [0.4, 0.5) is 0 Å². The molecule has 202 valence electrons. The average molecular weight is 519 g/mol. The fourth-order valence-electron chi connectivity index (χ4n) is 7.44. The number of rotatable bonds is 3. The maximum absolute atomic E-state index is 11.8. The van der Waals surface area contributed by atoms with Gasteiger partial charge in [-0.15, -0.1) is 0 Å². The van der Waals surface area contributed by atoms with Crippen molar-refractivity contribution in [2.45, 2.75) is 78.0 Å². The van der Waals surface area contributed by atoms with Gasteiger partial charge < -0.3 is 28.8 Å². The molecule has 6 heteroatoms. The van der Waals surface area contributed by atoms with Crippen molar-refractivity contribution in [3.05, 3.63) is 58.2 Å². The van der Waals surface area contributed by atoms with Crippen molar-refractivity contribution >= 4 is 0 Å². The molecule has 1 N–H and O–H groups in total. The SMILES string of the molecule is C=C(C)[C@@H]1Cc2cc(Cc3c(O)c4c(c5c3O[C@@]3(C)OC[C@H](C)[C@H]3C5)O[C@@]3(C)OC[C@H](C)[C@H]3C4)ccc2O1. The molecule has 0 bridgehead atoms. The number of ether oxygens (including phenoxy) is 5. The highest BCUT2D eigenvalue weighted by molar-refractivity contribution is 5.65. The second-order valence-corrected chi connectivity index (χ2v) is 12.7. The predicted molar refractivity (Wildman–Crippen MR) is 143 cm³/mol. The summed E-state index contributed by atoms with van der Waals surface area (Å²) in [4.78, 5) is 0. The lowest BCUT2D eigenvalue weighted by atomic mass is 9.77. The monoisotopic (exact) mass is 518 g/mol. The Morgan fingerprint density at radius 3 is 2.24 bits per heavy atom. The van der Waals surface area contributed by atoms with Crippen LogP contribution in [0.1, 0.15) is 62.4 Å². The van der Waals surface area contributed by atoms with Gasteiger partial charge in [-0.3, -0.25) is 0 Å². The van der Waals surface area contributed by atoms with Crippen LogP contribution in [-0.2, 0) is 35.2 Å². The van der Waals surface area contributed by atoms with Gasteiger partial charge in [-0.1, -0.05) is 32.6 Å². The van der Waals surface area contributed by atoms with Crippen LogP contribution in [0.2, 0.25) is 0 Å². The summed E-state index contributed by atoms with van der Waals surface area (Å²) in [6, 6.07) is 6.33. The van der Waals surface area contributed by atoms with Gasteiger partial charge in [0.1, 0.15) is 29.1 Å². The Balaban J connectivity index is 1.34. The smallest absolute Gasteiger partial charge is 0.211 e. The molecule has 2 fully saturated rings. The van der Waals surface area contributed by atoms with Crippen molar-refractivity contribution in [2.24, 2.45) is 23.7 Å². The van der Waals surface area contributed by atoms with Crippen LogP contribution in [-0.4, -0.2) is 36.0 Å². The molecule has 0 unspecified atom stereocenters. The number of phenolic OH excluding ortho intramolecular Hbond substituents is 1. The average Bonchev–Trinajstić information content (AvgIpc) is 3.53. The van der Waals surface area contributed by atoms with Crippen molar-refractivity contribution in [1.82, 2.24) is 0 Å². The van der Waals surface area contributed by atoms with Gasteiger partial charge in [-0.2, -0.15) is 0 Å². The van der Waals surface area contributed by atoms with Crippen LogP contribution in [0.25, 0.3) is 0 Å². The van der Waals surface area contributed by atoms with Gasteiger partial charge in [0.05, 0.1) is 13.2 Å². The highest BCUT2D eigenvalue weighted by atomic mass is 16.7. The Morgan fingerprint density at radius 1 is 0.947 bits per heavy atom. The van der Waals surface area contributed by atoms with Crippen LogP contribution in [0.15, 0.2) is 30.4 Å². The number of benzene rings is 2. The molecule has 6 nitrogen and oxygen atoms in total. The van der Waals surface area contributed by atoms with Crippen LogP contribution >= 0.6 is 0 Å². The molecule has 2 aromatic carbocycles. The highest BCUT2D eigenvalue weighted by Crippen LogP contribution is 2.57. The molecule has 5 aliphatic heterocycles. The Labute approximate surface area is 224 Å². The zero-order chi connectivity index (χ0) is 26.6. The maximum atomic E-state index is 11.8. The molecule has 2 saturated heterocycles. The fourth-order valence-corrected chi connectivity index (χ4v) is 7.44. The Hall–Kier alpha value is -2.70. The minimum atomic E-state index is -0.720. The van der Waals surface area contributed by atoms with Crippen LogP contribution < -0.4 is 14.2 Å². The van der Waals surface area contributed by atoms with Gasteiger partial charge in [0.2, 0.25) is 11.6 Å². The number of hydrogen-bond donors (Lipinski definition) is 1. The second kappa shape index (κ2) is 8.15. The van der Waals surface area contributed by atoms with Crippen molar-refractivity contribution in [3.63, 3.8) is 0 Å². The largest absolute Gasteiger partial charge is 0.507 e. The molecule has 38 heavy (non-hydrogen) atoms. The van der Waals surface area contributed by atoms with Crippen molar-refractivity contribution < 1.29 is 28.8 Å². The topological polar surface area (TPSA) is 66.4 Å². The van der Waals surface area contributed by atoms with E-state index in [0.29, 0.717) is 37.2 Å². The van der Waals surface area contributed by atoms with E-state index < -0.39 is 11.6 Å². The molecular weight excluding hydrogens is 480 g/mol. The molecule has 0 spiro atoms. The summed E-state index contributed by atoms with van der Waals surface area (Å²) in [5.41, 5.74) is 6.08. The van der Waals surface area contributed by atoms with E-state index >= 15 is 0 Å². The minimum Gasteiger partial charge on any atom is -0.507 e. The van der Waals surface area contributed by atoms with Crippen molar-refractivity contribution in [2.75, 3.05) is 13.2 Å². The molecule has 0 aliphatic carbocycles. The molecule has 5 aliphatic rings. The second-order valence-electron chi connectivity index (χ2n) is 12.7. The Bertz CT molecular complexity index is 1350. The normalized spacial score (nSPS) is 36.2. The molecule has 5 heterocycles. The summed E-state index contributed by atoms with van der Waals surface area (Å²) >= 11 is 0. The molecule has 0 amide bonds. The van der Waals surface area contributed by atoms with E-state index in [1.165, 1.54) is 5.56 Å². The third-order valence-electron chi connectivity index (χ3n) is 9.84.